The Morgan fingerprint density at radius 2 is 1.97 bits per heavy atom. The van der Waals surface area contributed by atoms with Crippen molar-refractivity contribution in [3.8, 4) is 11.3 Å². The molecular weight excluding hydrogens is 432 g/mol. The number of carbonyl (C=O) groups excluding carboxylic acids is 1. The highest BCUT2D eigenvalue weighted by Gasteiger charge is 2.29. The number of piperidine rings is 1. The number of rotatable bonds is 3. The van der Waals surface area contributed by atoms with E-state index in [0.29, 0.717) is 18.9 Å². The van der Waals surface area contributed by atoms with Crippen molar-refractivity contribution in [2.75, 3.05) is 18.8 Å². The zero-order valence-corrected chi connectivity index (χ0v) is 18.7. The summed E-state index contributed by atoms with van der Waals surface area (Å²) >= 11 is 1.55. The number of nitrogens with two attached hydrogens (primary N) is 1. The van der Waals surface area contributed by atoms with Crippen LogP contribution in [0.3, 0.4) is 0 Å². The van der Waals surface area contributed by atoms with Crippen LogP contribution >= 0.6 is 11.3 Å². The molecule has 6 rings (SSSR count). The molecule has 8 heteroatoms. The second kappa shape index (κ2) is 7.97. The van der Waals surface area contributed by atoms with Crippen LogP contribution in [-0.2, 0) is 0 Å². The van der Waals surface area contributed by atoms with E-state index in [2.05, 4.69) is 32.6 Å². The fourth-order valence-electron chi connectivity index (χ4n) is 4.70. The van der Waals surface area contributed by atoms with E-state index in [9.17, 15) is 4.79 Å². The summed E-state index contributed by atoms with van der Waals surface area (Å²) < 4.78 is 2.07. The number of pyridine rings is 1. The van der Waals surface area contributed by atoms with Gasteiger partial charge in [-0.15, -0.1) is 0 Å². The van der Waals surface area contributed by atoms with Gasteiger partial charge in [-0.3, -0.25) is 14.2 Å². The highest BCUT2D eigenvalue weighted by Crippen LogP contribution is 2.35. The van der Waals surface area contributed by atoms with Crippen LogP contribution in [0.25, 0.3) is 27.7 Å². The third-order valence-corrected chi connectivity index (χ3v) is 7.09. The van der Waals surface area contributed by atoms with Gasteiger partial charge in [-0.2, -0.15) is 11.3 Å². The topological polar surface area (TPSA) is 89.4 Å². The number of anilines is 1. The summed E-state index contributed by atoms with van der Waals surface area (Å²) in [5, 5.41) is 4.94. The van der Waals surface area contributed by atoms with Crippen molar-refractivity contribution in [3.05, 3.63) is 77.1 Å². The minimum Gasteiger partial charge on any atom is -0.382 e. The largest absolute Gasteiger partial charge is 0.382 e. The number of nitrogen functional groups attached to an aromatic ring is 1. The average Bonchev–Trinajstić information content (AvgIpc) is 3.53. The molecular formula is C25H22N6OS. The van der Waals surface area contributed by atoms with Crippen molar-refractivity contribution >= 4 is 39.5 Å². The van der Waals surface area contributed by atoms with Gasteiger partial charge in [-0.05, 0) is 36.4 Å². The van der Waals surface area contributed by atoms with Crippen LogP contribution in [-0.4, -0.2) is 43.2 Å². The van der Waals surface area contributed by atoms with E-state index < -0.39 is 0 Å². The van der Waals surface area contributed by atoms with E-state index in [0.717, 1.165) is 51.9 Å². The first-order valence-electron chi connectivity index (χ1n) is 11.0. The van der Waals surface area contributed by atoms with Gasteiger partial charge in [0, 0.05) is 53.9 Å². The molecule has 1 amide bonds. The summed E-state index contributed by atoms with van der Waals surface area (Å²) in [5.74, 6) is 1.77. The second-order valence-corrected chi connectivity index (χ2v) is 9.12. The average molecular weight is 455 g/mol. The molecule has 2 N–H and O–H groups in total. The van der Waals surface area contributed by atoms with Gasteiger partial charge < -0.3 is 10.6 Å². The van der Waals surface area contributed by atoms with E-state index >= 15 is 0 Å². The van der Waals surface area contributed by atoms with Crippen LogP contribution in [0.1, 0.15) is 34.9 Å². The maximum Gasteiger partial charge on any atom is 0.254 e. The number of carbonyl (C=O) groups is 1. The van der Waals surface area contributed by atoms with Crippen LogP contribution in [0.2, 0.25) is 0 Å². The van der Waals surface area contributed by atoms with Crippen LogP contribution in [0, 0.1) is 0 Å². The lowest BCUT2D eigenvalue weighted by molar-refractivity contribution is 0.0711. The highest BCUT2D eigenvalue weighted by atomic mass is 32.1. The zero-order chi connectivity index (χ0) is 22.4. The Balaban J connectivity index is 1.36. The first-order chi connectivity index (χ1) is 16.2. The summed E-state index contributed by atoms with van der Waals surface area (Å²) in [6, 6.07) is 12.0. The first kappa shape index (κ1) is 19.9. The predicted octanol–water partition coefficient (Wildman–Crippen LogP) is 4.61. The van der Waals surface area contributed by atoms with E-state index in [4.69, 9.17) is 10.7 Å². The van der Waals surface area contributed by atoms with Crippen LogP contribution in [0.4, 0.5) is 5.82 Å². The minimum atomic E-state index is 0.112. The maximum absolute atomic E-state index is 12.7. The highest BCUT2D eigenvalue weighted by molar-refractivity contribution is 7.08. The molecule has 1 fully saturated rings. The van der Waals surface area contributed by atoms with Gasteiger partial charge in [0.25, 0.3) is 5.91 Å². The molecule has 5 aromatic rings. The molecule has 164 valence electrons. The molecule has 0 aliphatic carbocycles. The number of imidazole rings is 1. The van der Waals surface area contributed by atoms with Crippen LogP contribution in [0.5, 0.6) is 0 Å². The van der Waals surface area contributed by atoms with Gasteiger partial charge >= 0.3 is 0 Å². The molecule has 7 nitrogen and oxygen atoms in total. The molecule has 1 aromatic carbocycles. The number of hydrogen-bond acceptors (Lipinski definition) is 6. The lowest BCUT2D eigenvalue weighted by Gasteiger charge is -2.31. The first-order valence-corrected chi connectivity index (χ1v) is 11.9. The van der Waals surface area contributed by atoms with Crippen molar-refractivity contribution in [2.45, 2.75) is 18.8 Å². The third-order valence-electron chi connectivity index (χ3n) is 6.41. The summed E-state index contributed by atoms with van der Waals surface area (Å²) in [4.78, 5) is 28.6. The van der Waals surface area contributed by atoms with Gasteiger partial charge in [-0.25, -0.2) is 9.97 Å². The van der Waals surface area contributed by atoms with Crippen LogP contribution in [0.15, 0.2) is 65.7 Å². The smallest absolute Gasteiger partial charge is 0.254 e. The van der Waals surface area contributed by atoms with Gasteiger partial charge in [0.1, 0.15) is 22.9 Å². The number of fused-ring (bicyclic) bond motifs is 2. The van der Waals surface area contributed by atoms with E-state index in [1.165, 1.54) is 0 Å². The monoisotopic (exact) mass is 454 g/mol. The molecule has 5 heterocycles. The van der Waals surface area contributed by atoms with Crippen molar-refractivity contribution in [3.63, 3.8) is 0 Å². The Kier molecular flexibility index (Phi) is 4.80. The number of amides is 1. The van der Waals surface area contributed by atoms with E-state index in [-0.39, 0.29) is 11.8 Å². The Bertz CT molecular complexity index is 1470. The Hall–Kier alpha value is -3.78. The number of hydrogen-bond donors (Lipinski definition) is 1. The third kappa shape index (κ3) is 3.43. The lowest BCUT2D eigenvalue weighted by atomic mass is 9.95. The Labute approximate surface area is 194 Å². The standard InChI is InChI=1S/C25H22N6OS/c26-23-22-21(18-4-3-16-2-1-8-27-20(16)14-18)29-24(31(22)12-9-28-23)17-5-10-30(11-6-17)25(32)19-7-13-33-15-19/h1-4,7-9,12-15,17H,5-6,10-11H2,(H2,26,28). The van der Waals surface area contributed by atoms with Crippen molar-refractivity contribution in [2.24, 2.45) is 0 Å². The van der Waals surface area contributed by atoms with Gasteiger partial charge in [0.05, 0.1) is 11.1 Å². The molecule has 0 unspecified atom stereocenters. The van der Waals surface area contributed by atoms with Crippen molar-refractivity contribution in [1.82, 2.24) is 24.3 Å². The summed E-state index contributed by atoms with van der Waals surface area (Å²) in [6.45, 7) is 1.42. The molecule has 0 atom stereocenters. The van der Waals surface area contributed by atoms with Gasteiger partial charge in [-0.1, -0.05) is 18.2 Å². The van der Waals surface area contributed by atoms with Crippen molar-refractivity contribution < 1.29 is 4.79 Å². The summed E-state index contributed by atoms with van der Waals surface area (Å²) in [5.41, 5.74) is 10.6. The fraction of sp³-hybridized carbons (Fsp3) is 0.200. The number of benzene rings is 1. The van der Waals surface area contributed by atoms with E-state index in [1.54, 1.807) is 23.7 Å². The SMILES string of the molecule is Nc1nccn2c(C3CCN(C(=O)c4ccsc4)CC3)nc(-c3ccc4cccnc4c3)c12. The lowest BCUT2D eigenvalue weighted by Crippen LogP contribution is -2.38. The summed E-state index contributed by atoms with van der Waals surface area (Å²) in [7, 11) is 0. The molecule has 0 radical (unpaired) electrons. The fourth-order valence-corrected chi connectivity index (χ4v) is 5.33. The molecule has 0 spiro atoms. The Morgan fingerprint density at radius 1 is 1.09 bits per heavy atom. The van der Waals surface area contributed by atoms with Crippen LogP contribution < -0.4 is 5.73 Å². The van der Waals surface area contributed by atoms with Gasteiger partial charge in [0.2, 0.25) is 0 Å². The molecule has 1 aliphatic rings. The Morgan fingerprint density at radius 3 is 2.79 bits per heavy atom. The van der Waals surface area contributed by atoms with Gasteiger partial charge in [0.15, 0.2) is 0 Å². The molecule has 1 saturated heterocycles. The normalized spacial score (nSPS) is 14.8. The van der Waals surface area contributed by atoms with E-state index in [1.807, 2.05) is 40.1 Å². The quantitative estimate of drug-likeness (QED) is 0.430. The number of aromatic nitrogens is 4. The van der Waals surface area contributed by atoms with Crippen molar-refractivity contribution in [1.29, 1.82) is 0 Å². The second-order valence-electron chi connectivity index (χ2n) is 8.34. The molecule has 33 heavy (non-hydrogen) atoms. The zero-order valence-electron chi connectivity index (χ0n) is 17.9. The number of likely N-dealkylation sites (tertiary alicyclic amines) is 1. The predicted molar refractivity (Wildman–Crippen MR) is 130 cm³/mol. The molecule has 0 saturated carbocycles. The number of nitrogens with zero attached hydrogens (tertiary/aromatic N) is 5. The molecule has 1 aliphatic heterocycles. The molecule has 4 aromatic heterocycles. The minimum absolute atomic E-state index is 0.112. The maximum atomic E-state index is 12.7. The molecule has 0 bridgehead atoms. The number of thiophene rings is 1. The summed E-state index contributed by atoms with van der Waals surface area (Å²) in [6.07, 6.45) is 7.16.